The van der Waals surface area contributed by atoms with E-state index in [2.05, 4.69) is 10.3 Å². The number of hydrogen-bond acceptors (Lipinski definition) is 6. The summed E-state index contributed by atoms with van der Waals surface area (Å²) in [5, 5.41) is 23.5. The lowest BCUT2D eigenvalue weighted by Crippen LogP contribution is -2.46. The Kier molecular flexibility index (Phi) is 4.37. The van der Waals surface area contributed by atoms with E-state index in [9.17, 15) is 20.0 Å². The van der Waals surface area contributed by atoms with Crippen LogP contribution >= 0.6 is 0 Å². The SMILES string of the molecule is CNc1ncc([N+](=O)[O-])cc1C(=O)N1CCC(C)C(O)C1. The number of amides is 1. The van der Waals surface area contributed by atoms with Crippen LogP contribution in [0, 0.1) is 16.0 Å². The molecule has 1 aliphatic rings. The van der Waals surface area contributed by atoms with Crippen LogP contribution < -0.4 is 5.32 Å². The molecule has 2 unspecified atom stereocenters. The first-order chi connectivity index (χ1) is 9.93. The number of aromatic nitrogens is 1. The number of likely N-dealkylation sites (tertiary alicyclic amines) is 1. The molecule has 0 aliphatic carbocycles. The number of β-amino-alcohol motifs (C(OH)–C–C–N with tert-alkyl or cyclic N) is 1. The fraction of sp³-hybridized carbons (Fsp3) is 0.538. The van der Waals surface area contributed by atoms with Gasteiger partial charge in [0.2, 0.25) is 0 Å². The minimum absolute atomic E-state index is 0.140. The Morgan fingerprint density at radius 2 is 2.33 bits per heavy atom. The Morgan fingerprint density at radius 3 is 2.90 bits per heavy atom. The molecule has 1 aliphatic heterocycles. The predicted octanol–water partition coefficient (Wildman–Crippen LogP) is 0.874. The van der Waals surface area contributed by atoms with Crippen LogP contribution in [-0.4, -0.2) is 52.1 Å². The smallest absolute Gasteiger partial charge is 0.288 e. The number of aliphatic hydroxyl groups excluding tert-OH is 1. The van der Waals surface area contributed by atoms with Crippen LogP contribution in [0.15, 0.2) is 12.3 Å². The Labute approximate surface area is 121 Å². The van der Waals surface area contributed by atoms with Gasteiger partial charge in [-0.25, -0.2) is 4.98 Å². The number of nitrogens with one attached hydrogen (secondary N) is 1. The number of aliphatic hydroxyl groups is 1. The molecule has 2 heterocycles. The van der Waals surface area contributed by atoms with Gasteiger partial charge in [0.05, 0.1) is 16.6 Å². The maximum atomic E-state index is 12.5. The van der Waals surface area contributed by atoms with E-state index < -0.39 is 11.0 Å². The summed E-state index contributed by atoms with van der Waals surface area (Å²) in [6, 6.07) is 1.21. The molecule has 8 heteroatoms. The molecule has 2 atom stereocenters. The second kappa shape index (κ2) is 6.04. The average Bonchev–Trinajstić information content (AvgIpc) is 2.48. The molecule has 8 nitrogen and oxygen atoms in total. The number of anilines is 1. The molecule has 2 N–H and O–H groups in total. The highest BCUT2D eigenvalue weighted by molar-refractivity contribution is 5.99. The summed E-state index contributed by atoms with van der Waals surface area (Å²) in [5.41, 5.74) is -0.0864. The van der Waals surface area contributed by atoms with Crippen molar-refractivity contribution in [2.24, 2.45) is 5.92 Å². The number of pyridine rings is 1. The quantitative estimate of drug-likeness (QED) is 0.632. The number of nitro groups is 1. The van der Waals surface area contributed by atoms with Crippen molar-refractivity contribution >= 4 is 17.4 Å². The summed E-state index contributed by atoms with van der Waals surface area (Å²) in [4.78, 5) is 28.2. The molecular weight excluding hydrogens is 276 g/mol. The van der Waals surface area contributed by atoms with E-state index in [0.717, 1.165) is 6.20 Å². The van der Waals surface area contributed by atoms with Gasteiger partial charge >= 0.3 is 0 Å². The highest BCUT2D eigenvalue weighted by Gasteiger charge is 2.30. The lowest BCUT2D eigenvalue weighted by Gasteiger charge is -2.34. The second-order valence-electron chi connectivity index (χ2n) is 5.18. The summed E-state index contributed by atoms with van der Waals surface area (Å²) in [6.07, 6.45) is 1.23. The van der Waals surface area contributed by atoms with E-state index in [1.165, 1.54) is 11.0 Å². The van der Waals surface area contributed by atoms with Crippen LogP contribution in [0.4, 0.5) is 11.5 Å². The Morgan fingerprint density at radius 1 is 1.62 bits per heavy atom. The van der Waals surface area contributed by atoms with E-state index >= 15 is 0 Å². The molecule has 1 fully saturated rings. The Hall–Kier alpha value is -2.22. The second-order valence-corrected chi connectivity index (χ2v) is 5.18. The number of rotatable bonds is 3. The van der Waals surface area contributed by atoms with Crippen molar-refractivity contribution in [2.75, 3.05) is 25.5 Å². The van der Waals surface area contributed by atoms with Crippen molar-refractivity contribution in [2.45, 2.75) is 19.4 Å². The van der Waals surface area contributed by atoms with E-state index in [-0.39, 0.29) is 29.6 Å². The van der Waals surface area contributed by atoms with Gasteiger partial charge in [-0.15, -0.1) is 0 Å². The molecule has 1 amide bonds. The number of carbonyl (C=O) groups is 1. The van der Waals surface area contributed by atoms with Crippen LogP contribution in [0.3, 0.4) is 0 Å². The number of piperidine rings is 1. The summed E-state index contributed by atoms with van der Waals surface area (Å²) >= 11 is 0. The molecule has 1 aromatic rings. The Bertz CT molecular complexity index is 563. The maximum absolute atomic E-state index is 12.5. The van der Waals surface area contributed by atoms with E-state index in [1.807, 2.05) is 6.92 Å². The first-order valence-electron chi connectivity index (χ1n) is 6.73. The summed E-state index contributed by atoms with van der Waals surface area (Å²) in [7, 11) is 1.60. The third kappa shape index (κ3) is 3.10. The van der Waals surface area contributed by atoms with Crippen LogP contribution in [-0.2, 0) is 0 Å². The number of hydrogen-bond donors (Lipinski definition) is 2. The van der Waals surface area contributed by atoms with E-state index in [4.69, 9.17) is 0 Å². The number of nitrogens with zero attached hydrogens (tertiary/aromatic N) is 3. The third-order valence-corrected chi connectivity index (χ3v) is 3.76. The van der Waals surface area contributed by atoms with Crippen molar-refractivity contribution in [1.29, 1.82) is 0 Å². The third-order valence-electron chi connectivity index (χ3n) is 3.76. The molecule has 0 radical (unpaired) electrons. The van der Waals surface area contributed by atoms with Gasteiger partial charge < -0.3 is 15.3 Å². The van der Waals surface area contributed by atoms with Gasteiger partial charge in [-0.05, 0) is 12.3 Å². The monoisotopic (exact) mass is 294 g/mol. The van der Waals surface area contributed by atoms with Crippen LogP contribution in [0.5, 0.6) is 0 Å². The standard InChI is InChI=1S/C13H18N4O4/c1-8-3-4-16(7-11(8)18)13(19)10-5-9(17(20)21)6-15-12(10)14-2/h5-6,8,11,18H,3-4,7H2,1-2H3,(H,14,15). The molecule has 0 bridgehead atoms. The van der Waals surface area contributed by atoms with Gasteiger partial charge in [0.25, 0.3) is 11.6 Å². The maximum Gasteiger partial charge on any atom is 0.288 e. The fourth-order valence-electron chi connectivity index (χ4n) is 2.32. The molecule has 2 rings (SSSR count). The summed E-state index contributed by atoms with van der Waals surface area (Å²) in [5.74, 6) is 0.0706. The van der Waals surface area contributed by atoms with Gasteiger partial charge in [-0.2, -0.15) is 0 Å². The van der Waals surface area contributed by atoms with Crippen molar-refractivity contribution in [3.8, 4) is 0 Å². The lowest BCUT2D eigenvalue weighted by atomic mass is 9.95. The van der Waals surface area contributed by atoms with Crippen LogP contribution in [0.1, 0.15) is 23.7 Å². The first kappa shape index (κ1) is 15.2. The molecule has 21 heavy (non-hydrogen) atoms. The molecule has 0 saturated carbocycles. The minimum Gasteiger partial charge on any atom is -0.391 e. The minimum atomic E-state index is -0.587. The molecule has 0 spiro atoms. The first-order valence-corrected chi connectivity index (χ1v) is 6.73. The predicted molar refractivity (Wildman–Crippen MR) is 76.1 cm³/mol. The molecule has 0 aromatic carbocycles. The zero-order valence-corrected chi connectivity index (χ0v) is 11.9. The molecule has 114 valence electrons. The van der Waals surface area contributed by atoms with Crippen molar-refractivity contribution < 1.29 is 14.8 Å². The van der Waals surface area contributed by atoms with Gasteiger partial charge in [-0.3, -0.25) is 14.9 Å². The zero-order chi connectivity index (χ0) is 15.6. The topological polar surface area (TPSA) is 109 Å². The van der Waals surface area contributed by atoms with Gasteiger partial charge in [0.1, 0.15) is 12.0 Å². The van der Waals surface area contributed by atoms with Gasteiger partial charge in [0.15, 0.2) is 0 Å². The lowest BCUT2D eigenvalue weighted by molar-refractivity contribution is -0.385. The molecular formula is C13H18N4O4. The fourth-order valence-corrected chi connectivity index (χ4v) is 2.32. The number of carbonyl (C=O) groups excluding carboxylic acids is 1. The highest BCUT2D eigenvalue weighted by Crippen LogP contribution is 2.24. The van der Waals surface area contributed by atoms with Gasteiger partial charge in [0, 0.05) is 26.2 Å². The normalized spacial score (nSPS) is 22.0. The summed E-state index contributed by atoms with van der Waals surface area (Å²) in [6.45, 7) is 2.68. The van der Waals surface area contributed by atoms with Crippen LogP contribution in [0.2, 0.25) is 0 Å². The molecule has 1 saturated heterocycles. The largest absolute Gasteiger partial charge is 0.391 e. The Balaban J connectivity index is 2.29. The van der Waals surface area contributed by atoms with Crippen molar-refractivity contribution in [3.63, 3.8) is 0 Å². The summed E-state index contributed by atoms with van der Waals surface area (Å²) < 4.78 is 0. The van der Waals surface area contributed by atoms with E-state index in [1.54, 1.807) is 7.05 Å². The highest BCUT2D eigenvalue weighted by atomic mass is 16.6. The zero-order valence-electron chi connectivity index (χ0n) is 11.9. The van der Waals surface area contributed by atoms with Crippen molar-refractivity contribution in [1.82, 2.24) is 9.88 Å². The van der Waals surface area contributed by atoms with Crippen LogP contribution in [0.25, 0.3) is 0 Å². The van der Waals surface area contributed by atoms with E-state index in [0.29, 0.717) is 18.8 Å². The van der Waals surface area contributed by atoms with Gasteiger partial charge in [-0.1, -0.05) is 6.92 Å². The van der Waals surface area contributed by atoms with Crippen molar-refractivity contribution in [3.05, 3.63) is 27.9 Å². The molecule has 1 aromatic heterocycles. The average molecular weight is 294 g/mol.